The van der Waals surface area contributed by atoms with E-state index in [-0.39, 0.29) is 0 Å². The van der Waals surface area contributed by atoms with Crippen LogP contribution < -0.4 is 4.74 Å². The number of nitrogens with zero attached hydrogens (tertiary/aromatic N) is 2. The maximum Gasteiger partial charge on any atom is 0.170 e. The first-order chi connectivity index (χ1) is 8.33. The number of carbonyl (C=O) groups is 1. The molecule has 0 aliphatic carbocycles. The van der Waals surface area contributed by atoms with Gasteiger partial charge in [-0.1, -0.05) is 0 Å². The van der Waals surface area contributed by atoms with E-state index in [1.807, 2.05) is 29.3 Å². The average Bonchev–Trinajstić information content (AvgIpc) is 2.89. The molecule has 0 spiro atoms. The molecule has 0 N–H and O–H groups in total. The Kier molecular flexibility index (Phi) is 3.75. The summed E-state index contributed by atoms with van der Waals surface area (Å²) in [4.78, 5) is 11.1. The van der Waals surface area contributed by atoms with E-state index >= 15 is 0 Å². The molecule has 1 aromatic rings. The van der Waals surface area contributed by atoms with Crippen LogP contribution in [0.5, 0.6) is 5.75 Å². The highest BCUT2D eigenvalue weighted by Crippen LogP contribution is 2.13. The van der Waals surface area contributed by atoms with Crippen LogP contribution in [0.4, 0.5) is 0 Å². The Balaban J connectivity index is 2.18. The first-order valence-corrected chi connectivity index (χ1v) is 5.76. The van der Waals surface area contributed by atoms with E-state index in [0.717, 1.165) is 43.5 Å². The zero-order chi connectivity index (χ0) is 12.1. The van der Waals surface area contributed by atoms with Crippen molar-refractivity contribution in [1.29, 1.82) is 0 Å². The normalized spacial score (nSPS) is 16.1. The standard InChI is InChI=1S/C13H16N2O2/c1-17-12-6-4-11(5-7-12)13(10-16)14-15-8-2-3-9-15/h4-7,10H,2-3,8-9H2,1H3/b14-13+. The van der Waals surface area contributed by atoms with E-state index in [9.17, 15) is 4.79 Å². The Morgan fingerprint density at radius 2 is 1.94 bits per heavy atom. The Labute approximate surface area is 101 Å². The molecular weight excluding hydrogens is 216 g/mol. The molecule has 0 bridgehead atoms. The van der Waals surface area contributed by atoms with Crippen molar-refractivity contribution >= 4 is 12.0 Å². The van der Waals surface area contributed by atoms with Crippen molar-refractivity contribution in [2.75, 3.05) is 20.2 Å². The lowest BCUT2D eigenvalue weighted by Crippen LogP contribution is -2.16. The molecule has 4 heteroatoms. The van der Waals surface area contributed by atoms with Crippen molar-refractivity contribution in [2.24, 2.45) is 5.10 Å². The lowest BCUT2D eigenvalue weighted by atomic mass is 10.1. The molecule has 90 valence electrons. The van der Waals surface area contributed by atoms with Crippen LogP contribution in [0.2, 0.25) is 0 Å². The molecule has 0 aromatic heterocycles. The van der Waals surface area contributed by atoms with Crippen LogP contribution in [-0.2, 0) is 4.79 Å². The van der Waals surface area contributed by atoms with Crippen molar-refractivity contribution < 1.29 is 9.53 Å². The summed E-state index contributed by atoms with van der Waals surface area (Å²) in [5, 5.41) is 6.31. The molecule has 0 atom stereocenters. The van der Waals surface area contributed by atoms with Crippen molar-refractivity contribution in [3.8, 4) is 5.75 Å². The highest BCUT2D eigenvalue weighted by atomic mass is 16.5. The molecule has 0 unspecified atom stereocenters. The Bertz CT molecular complexity index is 406. The summed E-state index contributed by atoms with van der Waals surface area (Å²) >= 11 is 0. The van der Waals surface area contributed by atoms with Gasteiger partial charge in [0.2, 0.25) is 0 Å². The topological polar surface area (TPSA) is 41.9 Å². The van der Waals surface area contributed by atoms with E-state index in [4.69, 9.17) is 4.74 Å². The number of benzene rings is 1. The molecule has 2 rings (SSSR count). The van der Waals surface area contributed by atoms with Gasteiger partial charge >= 0.3 is 0 Å². The predicted molar refractivity (Wildman–Crippen MR) is 66.4 cm³/mol. The number of ether oxygens (including phenoxy) is 1. The molecule has 0 amide bonds. The second kappa shape index (κ2) is 5.48. The molecule has 1 saturated heterocycles. The van der Waals surface area contributed by atoms with Crippen LogP contribution in [-0.4, -0.2) is 37.2 Å². The van der Waals surface area contributed by atoms with Crippen molar-refractivity contribution in [3.63, 3.8) is 0 Å². The monoisotopic (exact) mass is 232 g/mol. The predicted octanol–water partition coefficient (Wildman–Crippen LogP) is 1.69. The van der Waals surface area contributed by atoms with Gasteiger partial charge in [0.1, 0.15) is 11.5 Å². The smallest absolute Gasteiger partial charge is 0.170 e. The van der Waals surface area contributed by atoms with Crippen LogP contribution >= 0.6 is 0 Å². The minimum absolute atomic E-state index is 0.481. The SMILES string of the molecule is COc1ccc(/C(C=O)=N/N2CCCC2)cc1. The van der Waals surface area contributed by atoms with Gasteiger partial charge in [-0.2, -0.15) is 5.10 Å². The van der Waals surface area contributed by atoms with E-state index in [1.165, 1.54) is 0 Å². The van der Waals surface area contributed by atoms with E-state index in [1.54, 1.807) is 7.11 Å². The van der Waals surface area contributed by atoms with Crippen LogP contribution in [0.25, 0.3) is 0 Å². The number of methoxy groups -OCH3 is 1. The molecule has 0 saturated carbocycles. The maximum absolute atomic E-state index is 11.1. The first kappa shape index (κ1) is 11.6. The minimum atomic E-state index is 0.481. The van der Waals surface area contributed by atoms with Gasteiger partial charge in [0.25, 0.3) is 0 Å². The molecular formula is C13H16N2O2. The lowest BCUT2D eigenvalue weighted by Gasteiger charge is -2.11. The number of carbonyl (C=O) groups excluding carboxylic acids is 1. The maximum atomic E-state index is 11.1. The molecule has 4 nitrogen and oxygen atoms in total. The number of hydrogen-bond acceptors (Lipinski definition) is 4. The van der Waals surface area contributed by atoms with Crippen LogP contribution in [0.1, 0.15) is 18.4 Å². The zero-order valence-corrected chi connectivity index (χ0v) is 9.93. The molecule has 1 heterocycles. The largest absolute Gasteiger partial charge is 0.497 e. The highest BCUT2D eigenvalue weighted by molar-refractivity contribution is 6.36. The molecule has 1 aliphatic rings. The fraction of sp³-hybridized carbons (Fsp3) is 0.385. The van der Waals surface area contributed by atoms with Gasteiger partial charge in [-0.15, -0.1) is 0 Å². The third kappa shape index (κ3) is 2.84. The van der Waals surface area contributed by atoms with E-state index in [2.05, 4.69) is 5.10 Å². The molecule has 17 heavy (non-hydrogen) atoms. The number of hydrazone groups is 1. The van der Waals surface area contributed by atoms with Gasteiger partial charge in [-0.05, 0) is 37.1 Å². The van der Waals surface area contributed by atoms with Gasteiger partial charge < -0.3 is 4.74 Å². The second-order valence-corrected chi connectivity index (χ2v) is 3.99. The highest BCUT2D eigenvalue weighted by Gasteiger charge is 2.11. The van der Waals surface area contributed by atoms with E-state index < -0.39 is 0 Å². The molecule has 1 fully saturated rings. The zero-order valence-electron chi connectivity index (χ0n) is 9.93. The molecule has 1 aliphatic heterocycles. The van der Waals surface area contributed by atoms with Crippen LogP contribution in [0, 0.1) is 0 Å². The van der Waals surface area contributed by atoms with E-state index in [0.29, 0.717) is 5.71 Å². The quantitative estimate of drug-likeness (QED) is 0.586. The third-order valence-corrected chi connectivity index (χ3v) is 2.83. The van der Waals surface area contributed by atoms with Gasteiger partial charge in [0, 0.05) is 18.7 Å². The summed E-state index contributed by atoms with van der Waals surface area (Å²) in [5.74, 6) is 0.778. The van der Waals surface area contributed by atoms with Gasteiger partial charge in [0.15, 0.2) is 6.29 Å². The Morgan fingerprint density at radius 1 is 1.29 bits per heavy atom. The molecule has 1 aromatic carbocycles. The van der Waals surface area contributed by atoms with Crippen molar-refractivity contribution in [1.82, 2.24) is 5.01 Å². The third-order valence-electron chi connectivity index (χ3n) is 2.83. The second-order valence-electron chi connectivity index (χ2n) is 3.99. The van der Waals surface area contributed by atoms with Crippen molar-refractivity contribution in [2.45, 2.75) is 12.8 Å². The summed E-state index contributed by atoms with van der Waals surface area (Å²) in [6.45, 7) is 1.88. The summed E-state index contributed by atoms with van der Waals surface area (Å²) in [7, 11) is 1.62. The van der Waals surface area contributed by atoms with Crippen LogP contribution in [0.3, 0.4) is 0 Å². The summed E-state index contributed by atoms with van der Waals surface area (Å²) in [5.41, 5.74) is 1.31. The van der Waals surface area contributed by atoms with Gasteiger partial charge in [0.05, 0.1) is 7.11 Å². The first-order valence-electron chi connectivity index (χ1n) is 5.76. The fourth-order valence-electron chi connectivity index (χ4n) is 1.86. The lowest BCUT2D eigenvalue weighted by molar-refractivity contribution is -0.102. The van der Waals surface area contributed by atoms with Crippen LogP contribution in [0.15, 0.2) is 29.4 Å². The summed E-state index contributed by atoms with van der Waals surface area (Å²) in [6, 6.07) is 7.36. The number of hydrogen-bond donors (Lipinski definition) is 0. The minimum Gasteiger partial charge on any atom is -0.497 e. The number of rotatable bonds is 4. The summed E-state index contributed by atoms with van der Waals surface area (Å²) < 4.78 is 5.08. The summed E-state index contributed by atoms with van der Waals surface area (Å²) in [6.07, 6.45) is 3.11. The molecule has 0 radical (unpaired) electrons. The fourth-order valence-corrected chi connectivity index (χ4v) is 1.86. The average molecular weight is 232 g/mol. The Hall–Kier alpha value is -1.84. The van der Waals surface area contributed by atoms with Gasteiger partial charge in [-0.3, -0.25) is 9.80 Å². The van der Waals surface area contributed by atoms with Crippen molar-refractivity contribution in [3.05, 3.63) is 29.8 Å². The van der Waals surface area contributed by atoms with Gasteiger partial charge in [-0.25, -0.2) is 0 Å². The Morgan fingerprint density at radius 3 is 2.47 bits per heavy atom. The number of aldehydes is 1.